The maximum atomic E-state index is 14.2. The molecule has 9 heteroatoms. The van der Waals surface area contributed by atoms with E-state index in [1.165, 1.54) is 29.6 Å². The third kappa shape index (κ3) is 4.83. The highest BCUT2D eigenvalue weighted by Gasteiger charge is 2.39. The Hall–Kier alpha value is -2.81. The predicted molar refractivity (Wildman–Crippen MR) is 135 cm³/mol. The first-order valence-electron chi connectivity index (χ1n) is 11.2. The summed E-state index contributed by atoms with van der Waals surface area (Å²) in [6, 6.07) is 14.1. The van der Waals surface area contributed by atoms with E-state index in [1.807, 2.05) is 19.9 Å². The van der Waals surface area contributed by atoms with Crippen LogP contribution >= 0.6 is 11.6 Å². The zero-order chi connectivity index (χ0) is 25.3. The smallest absolute Gasteiger partial charge is 0.264 e. The zero-order valence-electron chi connectivity index (χ0n) is 19.8. The highest BCUT2D eigenvalue weighted by Crippen LogP contribution is 2.40. The van der Waals surface area contributed by atoms with Crippen LogP contribution in [0.25, 0.3) is 0 Å². The van der Waals surface area contributed by atoms with Gasteiger partial charge in [-0.1, -0.05) is 29.8 Å². The van der Waals surface area contributed by atoms with Crippen LogP contribution in [0.1, 0.15) is 23.6 Å². The Balaban J connectivity index is 1.74. The summed E-state index contributed by atoms with van der Waals surface area (Å²) in [5.74, 6) is 0.370. The molecule has 2 atom stereocenters. The third-order valence-corrected chi connectivity index (χ3v) is 8.76. The topological polar surface area (TPSA) is 81.9 Å². The first kappa shape index (κ1) is 25.3. The van der Waals surface area contributed by atoms with Crippen LogP contribution in [-0.2, 0) is 23.1 Å². The van der Waals surface area contributed by atoms with Gasteiger partial charge in [0.05, 0.1) is 22.7 Å². The van der Waals surface area contributed by atoms with Crippen LogP contribution in [0.3, 0.4) is 0 Å². The Morgan fingerprint density at radius 1 is 1.17 bits per heavy atom. The number of fused-ring (bicyclic) bond motifs is 1. The largest absolute Gasteiger partial charge is 0.496 e. The molecule has 0 spiro atoms. The second kappa shape index (κ2) is 10.0. The Labute approximate surface area is 210 Å². The van der Waals surface area contributed by atoms with Crippen molar-refractivity contribution in [3.05, 3.63) is 82.1 Å². The average Bonchev–Trinajstić information content (AvgIpc) is 2.83. The molecule has 0 radical (unpaired) electrons. The highest BCUT2D eigenvalue weighted by atomic mass is 35.5. The van der Waals surface area contributed by atoms with Crippen molar-refractivity contribution in [3.8, 4) is 11.5 Å². The number of nitrogens with zero attached hydrogens (tertiary/aromatic N) is 1. The fraction of sp³-hybridized carbons (Fsp3) is 0.308. The molecule has 2 unspecified atom stereocenters. The molecule has 0 amide bonds. The van der Waals surface area contributed by atoms with Crippen LogP contribution in [0.5, 0.6) is 11.5 Å². The molecular formula is C26H28ClFN2O4S. The molecule has 0 bridgehead atoms. The van der Waals surface area contributed by atoms with Gasteiger partial charge in [-0.15, -0.1) is 0 Å². The number of hydrogen-bond donors (Lipinski definition) is 1. The van der Waals surface area contributed by atoms with E-state index in [0.29, 0.717) is 30.2 Å². The first-order valence-corrected chi connectivity index (χ1v) is 13.1. The minimum absolute atomic E-state index is 0.0615. The lowest BCUT2D eigenvalue weighted by Crippen LogP contribution is -2.49. The minimum Gasteiger partial charge on any atom is -0.496 e. The van der Waals surface area contributed by atoms with Gasteiger partial charge in [-0.3, -0.25) is 4.31 Å². The number of aryl methyl sites for hydroxylation is 1. The Morgan fingerprint density at radius 3 is 2.63 bits per heavy atom. The van der Waals surface area contributed by atoms with Crippen LogP contribution in [0, 0.1) is 18.7 Å². The number of methoxy groups -OCH3 is 1. The van der Waals surface area contributed by atoms with Gasteiger partial charge in [-0.05, 0) is 68.1 Å². The molecule has 1 heterocycles. The van der Waals surface area contributed by atoms with Gasteiger partial charge in [-0.25, -0.2) is 12.8 Å². The third-order valence-electron chi connectivity index (χ3n) is 6.51. The quantitative estimate of drug-likeness (QED) is 0.471. The number of anilines is 1. The van der Waals surface area contributed by atoms with Crippen LogP contribution in [0.15, 0.2) is 59.5 Å². The molecule has 2 N–H and O–H groups in total. The summed E-state index contributed by atoms with van der Waals surface area (Å²) in [6.45, 7) is 3.96. The van der Waals surface area contributed by atoms with Crippen molar-refractivity contribution in [2.45, 2.75) is 37.8 Å². The molecule has 186 valence electrons. The fourth-order valence-corrected chi connectivity index (χ4v) is 6.38. The van der Waals surface area contributed by atoms with Gasteiger partial charge < -0.3 is 15.2 Å². The van der Waals surface area contributed by atoms with Crippen LogP contribution in [-0.4, -0.2) is 28.1 Å². The summed E-state index contributed by atoms with van der Waals surface area (Å²) in [5.41, 5.74) is 8.44. The normalized spacial score (nSPS) is 17.7. The number of hydrogen-bond acceptors (Lipinski definition) is 5. The number of ether oxygens (including phenoxy) is 2. The standard InChI is InChI=1S/C26H28ClFN2O4S/c1-16-7-10-21(13-26(16)33-3)35(31,32)30-17(2)19(14-29)11-18-8-9-20(12-25(18)30)34-15-22-23(27)5-4-6-24(22)28/h4-10,12-13,17,19H,11,14-15,29H2,1-3H3. The summed E-state index contributed by atoms with van der Waals surface area (Å²) in [7, 11) is -2.45. The van der Waals surface area contributed by atoms with Crippen molar-refractivity contribution in [1.82, 2.24) is 0 Å². The molecular weight excluding hydrogens is 491 g/mol. The maximum Gasteiger partial charge on any atom is 0.264 e. The second-order valence-electron chi connectivity index (χ2n) is 8.65. The van der Waals surface area contributed by atoms with Crippen molar-refractivity contribution < 1.29 is 22.3 Å². The number of benzene rings is 3. The van der Waals surface area contributed by atoms with E-state index in [9.17, 15) is 12.8 Å². The van der Waals surface area contributed by atoms with Gasteiger partial charge in [-0.2, -0.15) is 0 Å². The van der Waals surface area contributed by atoms with Crippen molar-refractivity contribution >= 4 is 27.3 Å². The van der Waals surface area contributed by atoms with Gasteiger partial charge in [0.2, 0.25) is 0 Å². The molecule has 1 aliphatic heterocycles. The molecule has 1 aliphatic rings. The van der Waals surface area contributed by atoms with E-state index in [2.05, 4.69) is 0 Å². The van der Waals surface area contributed by atoms with Crippen molar-refractivity contribution in [2.75, 3.05) is 18.0 Å². The predicted octanol–water partition coefficient (Wildman–Crippen LogP) is 5.09. The molecule has 6 nitrogen and oxygen atoms in total. The summed E-state index contributed by atoms with van der Waals surface area (Å²) < 4.78 is 54.6. The molecule has 0 aromatic heterocycles. The summed E-state index contributed by atoms with van der Waals surface area (Å²) in [6.07, 6.45) is 0.635. The van der Waals surface area contributed by atoms with Crippen molar-refractivity contribution in [3.63, 3.8) is 0 Å². The first-order chi connectivity index (χ1) is 16.7. The van der Waals surface area contributed by atoms with Gasteiger partial charge in [0.25, 0.3) is 10.0 Å². The summed E-state index contributed by atoms with van der Waals surface area (Å²) in [5, 5.41) is 0.264. The van der Waals surface area contributed by atoms with Crippen molar-refractivity contribution in [1.29, 1.82) is 0 Å². The zero-order valence-corrected chi connectivity index (χ0v) is 21.4. The van der Waals surface area contributed by atoms with Gasteiger partial charge in [0.15, 0.2) is 0 Å². The lowest BCUT2D eigenvalue weighted by Gasteiger charge is -2.41. The molecule has 3 aromatic carbocycles. The van der Waals surface area contributed by atoms with Crippen LogP contribution in [0.2, 0.25) is 5.02 Å². The maximum absolute atomic E-state index is 14.2. The van der Waals surface area contributed by atoms with E-state index in [0.717, 1.165) is 11.1 Å². The van der Waals surface area contributed by atoms with Crippen LogP contribution < -0.4 is 19.5 Å². The summed E-state index contributed by atoms with van der Waals surface area (Å²) in [4.78, 5) is 0.125. The minimum atomic E-state index is -3.95. The molecule has 0 saturated carbocycles. The monoisotopic (exact) mass is 518 g/mol. The molecule has 0 aliphatic carbocycles. The SMILES string of the molecule is COc1cc(S(=O)(=O)N2c3cc(OCc4c(F)cccc4Cl)ccc3CC(CN)C2C)ccc1C. The van der Waals surface area contributed by atoms with E-state index in [1.54, 1.807) is 30.3 Å². The molecule has 3 aromatic rings. The lowest BCUT2D eigenvalue weighted by atomic mass is 9.88. The van der Waals surface area contributed by atoms with Crippen LogP contribution in [0.4, 0.5) is 10.1 Å². The fourth-order valence-electron chi connectivity index (χ4n) is 4.40. The second-order valence-corrected chi connectivity index (χ2v) is 10.9. The highest BCUT2D eigenvalue weighted by molar-refractivity contribution is 7.92. The average molecular weight is 519 g/mol. The van der Waals surface area contributed by atoms with Crippen molar-refractivity contribution in [2.24, 2.45) is 11.7 Å². The molecule has 0 saturated heterocycles. The van der Waals surface area contributed by atoms with E-state index in [-0.39, 0.29) is 34.0 Å². The van der Waals surface area contributed by atoms with E-state index >= 15 is 0 Å². The number of halogens is 2. The summed E-state index contributed by atoms with van der Waals surface area (Å²) >= 11 is 6.12. The number of nitrogens with two attached hydrogens (primary N) is 1. The molecule has 0 fully saturated rings. The Bertz CT molecular complexity index is 1330. The Kier molecular flexibility index (Phi) is 7.26. The molecule has 4 rings (SSSR count). The lowest BCUT2D eigenvalue weighted by molar-refractivity contribution is 0.299. The Morgan fingerprint density at radius 2 is 1.94 bits per heavy atom. The van der Waals surface area contributed by atoms with E-state index in [4.69, 9.17) is 26.8 Å². The van der Waals surface area contributed by atoms with Gasteiger partial charge >= 0.3 is 0 Å². The molecule has 35 heavy (non-hydrogen) atoms. The number of rotatable bonds is 7. The van der Waals surface area contributed by atoms with Gasteiger partial charge in [0.1, 0.15) is 23.9 Å². The van der Waals surface area contributed by atoms with Gasteiger partial charge in [0, 0.05) is 23.7 Å². The number of sulfonamides is 1. The van der Waals surface area contributed by atoms with E-state index < -0.39 is 15.8 Å².